The van der Waals surface area contributed by atoms with Crippen molar-refractivity contribution in [2.75, 3.05) is 0 Å². The third-order valence-corrected chi connectivity index (χ3v) is 2.60. The average Bonchev–Trinajstić information content (AvgIpc) is 2.71. The molecule has 0 radical (unpaired) electrons. The minimum Gasteiger partial charge on any atom is -0.476 e. The predicted octanol–water partition coefficient (Wildman–Crippen LogP) is 3.00. The number of nitrogens with zero attached hydrogens (tertiary/aromatic N) is 1. The Balaban J connectivity index is 2.42. The molecule has 1 heterocycles. The topological polar surface area (TPSA) is 63.3 Å². The van der Waals surface area contributed by atoms with Crippen molar-refractivity contribution in [2.24, 2.45) is 0 Å². The third kappa shape index (κ3) is 1.92. The van der Waals surface area contributed by atoms with Crippen LogP contribution in [0.1, 0.15) is 16.1 Å². The van der Waals surface area contributed by atoms with Crippen molar-refractivity contribution >= 4 is 17.6 Å². The van der Waals surface area contributed by atoms with Crippen molar-refractivity contribution in [3.63, 3.8) is 0 Å². The van der Waals surface area contributed by atoms with Gasteiger partial charge in [0.1, 0.15) is 0 Å². The summed E-state index contributed by atoms with van der Waals surface area (Å²) in [4.78, 5) is 10.6. The number of hydrogen-bond acceptors (Lipinski definition) is 3. The molecule has 16 heavy (non-hydrogen) atoms. The van der Waals surface area contributed by atoms with Gasteiger partial charge in [-0.05, 0) is 30.7 Å². The molecule has 0 saturated heterocycles. The minimum atomic E-state index is -1.11. The van der Waals surface area contributed by atoms with Crippen LogP contribution in [0.25, 0.3) is 11.3 Å². The molecule has 1 aromatic heterocycles. The van der Waals surface area contributed by atoms with Crippen LogP contribution in [-0.2, 0) is 0 Å². The molecule has 0 fully saturated rings. The van der Waals surface area contributed by atoms with Crippen LogP contribution in [0.15, 0.2) is 28.8 Å². The first kappa shape index (κ1) is 10.7. The van der Waals surface area contributed by atoms with Crippen LogP contribution in [0, 0.1) is 6.92 Å². The van der Waals surface area contributed by atoms with E-state index >= 15 is 0 Å². The van der Waals surface area contributed by atoms with Crippen molar-refractivity contribution in [1.82, 2.24) is 5.16 Å². The summed E-state index contributed by atoms with van der Waals surface area (Å²) >= 11 is 5.88. The van der Waals surface area contributed by atoms with Gasteiger partial charge in [-0.15, -0.1) is 0 Å². The molecule has 2 aromatic rings. The highest BCUT2D eigenvalue weighted by Crippen LogP contribution is 2.25. The number of carboxylic acids is 1. The van der Waals surface area contributed by atoms with Crippen molar-refractivity contribution < 1.29 is 14.4 Å². The highest BCUT2D eigenvalue weighted by molar-refractivity contribution is 6.31. The summed E-state index contributed by atoms with van der Waals surface area (Å²) < 4.78 is 4.93. The lowest BCUT2D eigenvalue weighted by molar-refractivity contribution is 0.0686. The van der Waals surface area contributed by atoms with E-state index in [1.54, 1.807) is 12.1 Å². The fourth-order valence-electron chi connectivity index (χ4n) is 1.31. The van der Waals surface area contributed by atoms with E-state index in [0.717, 1.165) is 11.1 Å². The Hall–Kier alpha value is -1.81. The lowest BCUT2D eigenvalue weighted by Crippen LogP contribution is -1.94. The van der Waals surface area contributed by atoms with Crippen molar-refractivity contribution in [2.45, 2.75) is 6.92 Å². The van der Waals surface area contributed by atoms with Crippen LogP contribution in [0.2, 0.25) is 5.02 Å². The van der Waals surface area contributed by atoms with Gasteiger partial charge < -0.3 is 9.63 Å². The maximum Gasteiger partial charge on any atom is 0.358 e. The van der Waals surface area contributed by atoms with Crippen molar-refractivity contribution in [3.8, 4) is 11.3 Å². The molecule has 0 unspecified atom stereocenters. The molecule has 0 aliphatic carbocycles. The first-order valence-corrected chi connectivity index (χ1v) is 4.92. The number of carbonyl (C=O) groups is 1. The number of carboxylic acid groups (broad SMARTS) is 1. The number of aromatic carboxylic acids is 1. The number of aromatic nitrogens is 1. The Kier molecular flexibility index (Phi) is 2.66. The Labute approximate surface area is 96.4 Å². The van der Waals surface area contributed by atoms with Crippen LogP contribution in [0.3, 0.4) is 0 Å². The zero-order valence-corrected chi connectivity index (χ0v) is 9.15. The van der Waals surface area contributed by atoms with Crippen LogP contribution < -0.4 is 0 Å². The molecule has 82 valence electrons. The molecule has 5 heteroatoms. The SMILES string of the molecule is Cc1cc(-c2cc(C(=O)O)no2)ccc1Cl. The molecule has 0 aliphatic heterocycles. The summed E-state index contributed by atoms with van der Waals surface area (Å²) in [5, 5.41) is 12.8. The Morgan fingerprint density at radius 2 is 2.19 bits per heavy atom. The summed E-state index contributed by atoms with van der Waals surface area (Å²) in [6, 6.07) is 6.68. The fourth-order valence-corrected chi connectivity index (χ4v) is 1.43. The van der Waals surface area contributed by atoms with Gasteiger partial charge in [0, 0.05) is 16.7 Å². The molecule has 0 spiro atoms. The molecule has 0 bridgehead atoms. The highest BCUT2D eigenvalue weighted by atomic mass is 35.5. The number of halogens is 1. The first-order valence-electron chi connectivity index (χ1n) is 4.54. The summed E-state index contributed by atoms with van der Waals surface area (Å²) in [6.45, 7) is 1.86. The molecule has 4 nitrogen and oxygen atoms in total. The summed E-state index contributed by atoms with van der Waals surface area (Å²) in [7, 11) is 0. The zero-order valence-electron chi connectivity index (χ0n) is 8.40. The van der Waals surface area contributed by atoms with Gasteiger partial charge in [0.15, 0.2) is 11.5 Å². The van der Waals surface area contributed by atoms with Crippen LogP contribution >= 0.6 is 11.6 Å². The van der Waals surface area contributed by atoms with Gasteiger partial charge in [-0.3, -0.25) is 0 Å². The normalized spacial score (nSPS) is 10.4. The number of rotatable bonds is 2. The first-order chi connectivity index (χ1) is 7.58. The molecule has 1 aromatic carbocycles. The maximum absolute atomic E-state index is 10.6. The second-order valence-electron chi connectivity index (χ2n) is 3.35. The lowest BCUT2D eigenvalue weighted by atomic mass is 10.1. The Morgan fingerprint density at radius 1 is 1.44 bits per heavy atom. The van der Waals surface area contributed by atoms with E-state index < -0.39 is 5.97 Å². The average molecular weight is 238 g/mol. The Bertz CT molecular complexity index is 548. The number of hydrogen-bond donors (Lipinski definition) is 1. The van der Waals surface area contributed by atoms with E-state index in [0.29, 0.717) is 10.8 Å². The fraction of sp³-hybridized carbons (Fsp3) is 0.0909. The van der Waals surface area contributed by atoms with E-state index in [-0.39, 0.29) is 5.69 Å². The van der Waals surface area contributed by atoms with E-state index in [4.69, 9.17) is 21.2 Å². The highest BCUT2D eigenvalue weighted by Gasteiger charge is 2.12. The lowest BCUT2D eigenvalue weighted by Gasteiger charge is -1.99. The van der Waals surface area contributed by atoms with Crippen LogP contribution in [-0.4, -0.2) is 16.2 Å². The van der Waals surface area contributed by atoms with Crippen molar-refractivity contribution in [1.29, 1.82) is 0 Å². The summed E-state index contributed by atoms with van der Waals surface area (Å²) in [5.41, 5.74) is 1.54. The number of aryl methyl sites for hydroxylation is 1. The second kappa shape index (κ2) is 3.98. The molecule has 0 atom stereocenters. The van der Waals surface area contributed by atoms with Gasteiger partial charge in [0.2, 0.25) is 0 Å². The summed E-state index contributed by atoms with van der Waals surface area (Å²) in [5.74, 6) is -0.696. The third-order valence-electron chi connectivity index (χ3n) is 2.17. The standard InChI is InChI=1S/C11H8ClNO3/c1-6-4-7(2-3-8(6)12)10-5-9(11(14)15)13-16-10/h2-5H,1H3,(H,14,15). The van der Waals surface area contributed by atoms with Crippen LogP contribution in [0.5, 0.6) is 0 Å². The van der Waals surface area contributed by atoms with Gasteiger partial charge in [0.05, 0.1) is 0 Å². The van der Waals surface area contributed by atoms with Gasteiger partial charge in [-0.2, -0.15) is 0 Å². The summed E-state index contributed by atoms with van der Waals surface area (Å²) in [6.07, 6.45) is 0. The van der Waals surface area contributed by atoms with E-state index in [1.807, 2.05) is 13.0 Å². The van der Waals surface area contributed by atoms with E-state index in [9.17, 15) is 4.79 Å². The zero-order chi connectivity index (χ0) is 11.7. The maximum atomic E-state index is 10.6. The molecule has 2 rings (SSSR count). The monoisotopic (exact) mass is 237 g/mol. The number of benzene rings is 1. The van der Waals surface area contributed by atoms with Gasteiger partial charge in [-0.1, -0.05) is 16.8 Å². The van der Waals surface area contributed by atoms with Gasteiger partial charge in [-0.25, -0.2) is 4.79 Å². The molecule has 0 amide bonds. The smallest absolute Gasteiger partial charge is 0.358 e. The van der Waals surface area contributed by atoms with Crippen LogP contribution in [0.4, 0.5) is 0 Å². The molecular formula is C11H8ClNO3. The largest absolute Gasteiger partial charge is 0.476 e. The van der Waals surface area contributed by atoms with Crippen molar-refractivity contribution in [3.05, 3.63) is 40.5 Å². The molecule has 0 saturated carbocycles. The predicted molar refractivity (Wildman–Crippen MR) is 58.6 cm³/mol. The Morgan fingerprint density at radius 3 is 2.75 bits per heavy atom. The second-order valence-corrected chi connectivity index (χ2v) is 3.75. The minimum absolute atomic E-state index is 0.109. The molecule has 0 aliphatic rings. The molecule has 1 N–H and O–H groups in total. The quantitative estimate of drug-likeness (QED) is 0.872. The molecular weight excluding hydrogens is 230 g/mol. The van der Waals surface area contributed by atoms with E-state index in [1.165, 1.54) is 6.07 Å². The van der Waals surface area contributed by atoms with Gasteiger partial charge >= 0.3 is 5.97 Å². The van der Waals surface area contributed by atoms with E-state index in [2.05, 4.69) is 5.16 Å². The van der Waals surface area contributed by atoms with Gasteiger partial charge in [0.25, 0.3) is 0 Å².